The van der Waals surface area contributed by atoms with Crippen LogP contribution in [0.1, 0.15) is 5.69 Å². The van der Waals surface area contributed by atoms with Crippen LogP contribution in [0.5, 0.6) is 0 Å². The van der Waals surface area contributed by atoms with Crippen molar-refractivity contribution in [2.75, 3.05) is 25.2 Å². The van der Waals surface area contributed by atoms with Crippen molar-refractivity contribution in [3.05, 3.63) is 23.9 Å². The normalized spacial score (nSPS) is 15.6. The Balaban J connectivity index is 2.24. The summed E-state index contributed by atoms with van der Waals surface area (Å²) < 4.78 is 0. The zero-order valence-electron chi connectivity index (χ0n) is 8.34. The number of nitrogens with zero attached hydrogens (tertiary/aromatic N) is 4. The van der Waals surface area contributed by atoms with Crippen LogP contribution < -0.4 is 4.90 Å². The van der Waals surface area contributed by atoms with E-state index in [1.54, 1.807) is 30.1 Å². The van der Waals surface area contributed by atoms with Gasteiger partial charge in [0.15, 0.2) is 0 Å². The molecule has 0 aliphatic carbocycles. The maximum Gasteiger partial charge on any atom is 0.243 e. The van der Waals surface area contributed by atoms with Crippen LogP contribution in [0.15, 0.2) is 18.2 Å². The number of rotatable bonds is 1. The highest BCUT2D eigenvalue weighted by Crippen LogP contribution is 2.15. The SMILES string of the molecule is CN1CN(c2cccc(C#N)n2)CC1=O. The second-order valence-corrected chi connectivity index (χ2v) is 3.42. The minimum atomic E-state index is 0.0687. The van der Waals surface area contributed by atoms with Gasteiger partial charge in [-0.3, -0.25) is 4.79 Å². The maximum absolute atomic E-state index is 11.3. The second-order valence-electron chi connectivity index (χ2n) is 3.42. The van der Waals surface area contributed by atoms with Gasteiger partial charge < -0.3 is 9.80 Å². The van der Waals surface area contributed by atoms with Gasteiger partial charge >= 0.3 is 0 Å². The fourth-order valence-electron chi connectivity index (χ4n) is 1.48. The number of amides is 1. The Morgan fingerprint density at radius 2 is 2.33 bits per heavy atom. The Morgan fingerprint density at radius 1 is 1.53 bits per heavy atom. The first-order chi connectivity index (χ1) is 7.20. The molecule has 5 nitrogen and oxygen atoms in total. The lowest BCUT2D eigenvalue weighted by atomic mass is 10.3. The quantitative estimate of drug-likeness (QED) is 0.652. The number of anilines is 1. The summed E-state index contributed by atoms with van der Waals surface area (Å²) >= 11 is 0. The van der Waals surface area contributed by atoms with E-state index >= 15 is 0 Å². The summed E-state index contributed by atoms with van der Waals surface area (Å²) in [5, 5.41) is 8.70. The molecule has 0 saturated carbocycles. The summed E-state index contributed by atoms with van der Waals surface area (Å²) in [5.74, 6) is 0.742. The number of pyridine rings is 1. The predicted octanol–water partition coefficient (Wildman–Crippen LogP) is 0.189. The molecule has 0 aromatic carbocycles. The molecule has 5 heteroatoms. The molecule has 1 aromatic heterocycles. The zero-order chi connectivity index (χ0) is 10.8. The van der Waals surface area contributed by atoms with Crippen molar-refractivity contribution < 1.29 is 4.79 Å². The Hall–Kier alpha value is -2.09. The lowest BCUT2D eigenvalue weighted by Crippen LogP contribution is -2.23. The first-order valence-corrected chi connectivity index (χ1v) is 4.57. The number of hydrogen-bond donors (Lipinski definition) is 0. The smallest absolute Gasteiger partial charge is 0.243 e. The molecule has 1 aliphatic rings. The molecule has 0 radical (unpaired) electrons. The minimum Gasteiger partial charge on any atom is -0.329 e. The molecule has 1 aliphatic heterocycles. The fraction of sp³-hybridized carbons (Fsp3) is 0.300. The zero-order valence-corrected chi connectivity index (χ0v) is 8.34. The monoisotopic (exact) mass is 202 g/mol. The number of carbonyl (C=O) groups excluding carboxylic acids is 1. The summed E-state index contributed by atoms with van der Waals surface area (Å²) in [6, 6.07) is 7.19. The lowest BCUT2D eigenvalue weighted by Gasteiger charge is -2.15. The Morgan fingerprint density at radius 3 is 2.93 bits per heavy atom. The third-order valence-electron chi connectivity index (χ3n) is 2.31. The van der Waals surface area contributed by atoms with Crippen LogP contribution in [0.4, 0.5) is 5.82 Å². The van der Waals surface area contributed by atoms with E-state index in [0.717, 1.165) is 0 Å². The van der Waals surface area contributed by atoms with Gasteiger partial charge in [-0.2, -0.15) is 5.26 Å². The van der Waals surface area contributed by atoms with Gasteiger partial charge in [-0.15, -0.1) is 0 Å². The average Bonchev–Trinajstić information content (AvgIpc) is 2.59. The lowest BCUT2D eigenvalue weighted by molar-refractivity contribution is -0.125. The van der Waals surface area contributed by atoms with Gasteiger partial charge in [-0.05, 0) is 12.1 Å². The first-order valence-electron chi connectivity index (χ1n) is 4.57. The molecule has 0 unspecified atom stereocenters. The van der Waals surface area contributed by atoms with Gasteiger partial charge in [-0.25, -0.2) is 4.98 Å². The van der Waals surface area contributed by atoms with E-state index in [1.807, 2.05) is 11.0 Å². The van der Waals surface area contributed by atoms with Gasteiger partial charge in [0.05, 0.1) is 6.67 Å². The van der Waals surface area contributed by atoms with Gasteiger partial charge in [0.1, 0.15) is 24.1 Å². The van der Waals surface area contributed by atoms with Crippen LogP contribution in [0, 0.1) is 11.3 Å². The van der Waals surface area contributed by atoms with Crippen molar-refractivity contribution in [3.63, 3.8) is 0 Å². The molecule has 76 valence electrons. The van der Waals surface area contributed by atoms with Crippen LogP contribution >= 0.6 is 0 Å². The summed E-state index contributed by atoms with van der Waals surface area (Å²) in [5.41, 5.74) is 0.370. The molecule has 0 bridgehead atoms. The summed E-state index contributed by atoms with van der Waals surface area (Å²) in [6.07, 6.45) is 0. The molecule has 0 N–H and O–H groups in total. The van der Waals surface area contributed by atoms with E-state index in [0.29, 0.717) is 24.7 Å². The highest BCUT2D eigenvalue weighted by atomic mass is 16.2. The number of carbonyl (C=O) groups is 1. The van der Waals surface area contributed by atoms with Crippen LogP contribution in [-0.4, -0.2) is 36.1 Å². The molecular weight excluding hydrogens is 192 g/mol. The Labute approximate surface area is 87.5 Å². The molecule has 1 saturated heterocycles. The van der Waals surface area contributed by atoms with E-state index in [1.165, 1.54) is 0 Å². The van der Waals surface area contributed by atoms with E-state index < -0.39 is 0 Å². The molecule has 1 amide bonds. The molecule has 2 heterocycles. The maximum atomic E-state index is 11.3. The standard InChI is InChI=1S/C10H10N4O/c1-13-7-14(6-10(13)15)9-4-2-3-8(5-11)12-9/h2-4H,6-7H2,1H3. The second kappa shape index (κ2) is 3.58. The van der Waals surface area contributed by atoms with E-state index in [2.05, 4.69) is 4.98 Å². The number of likely N-dealkylation sites (N-methyl/N-ethyl adjacent to an activating group) is 1. The summed E-state index contributed by atoms with van der Waals surface area (Å²) in [7, 11) is 1.75. The number of nitriles is 1. The van der Waals surface area contributed by atoms with Crippen molar-refractivity contribution in [1.29, 1.82) is 5.26 Å². The number of aromatic nitrogens is 1. The molecule has 15 heavy (non-hydrogen) atoms. The van der Waals surface area contributed by atoms with E-state index in [-0.39, 0.29) is 5.91 Å². The molecular formula is C10H10N4O. The van der Waals surface area contributed by atoms with Gasteiger partial charge in [0.2, 0.25) is 5.91 Å². The number of hydrogen-bond acceptors (Lipinski definition) is 4. The molecule has 2 rings (SSSR count). The van der Waals surface area contributed by atoms with Crippen molar-refractivity contribution in [3.8, 4) is 6.07 Å². The predicted molar refractivity (Wildman–Crippen MR) is 53.9 cm³/mol. The van der Waals surface area contributed by atoms with Crippen molar-refractivity contribution in [2.45, 2.75) is 0 Å². The molecule has 0 spiro atoms. The summed E-state index contributed by atoms with van der Waals surface area (Å²) in [4.78, 5) is 18.9. The summed E-state index contributed by atoms with van der Waals surface area (Å²) in [6.45, 7) is 0.860. The Kier molecular flexibility index (Phi) is 2.26. The largest absolute Gasteiger partial charge is 0.329 e. The van der Waals surface area contributed by atoms with Crippen LogP contribution in [0.3, 0.4) is 0 Å². The fourth-order valence-corrected chi connectivity index (χ4v) is 1.48. The van der Waals surface area contributed by atoms with E-state index in [4.69, 9.17) is 5.26 Å². The third-order valence-corrected chi connectivity index (χ3v) is 2.31. The minimum absolute atomic E-state index is 0.0687. The van der Waals surface area contributed by atoms with Crippen LogP contribution in [0.25, 0.3) is 0 Å². The molecule has 1 aromatic rings. The highest BCUT2D eigenvalue weighted by Gasteiger charge is 2.25. The van der Waals surface area contributed by atoms with Crippen molar-refractivity contribution >= 4 is 11.7 Å². The van der Waals surface area contributed by atoms with Crippen LogP contribution in [-0.2, 0) is 4.79 Å². The van der Waals surface area contributed by atoms with Crippen molar-refractivity contribution in [1.82, 2.24) is 9.88 Å². The first kappa shape index (κ1) is 9.46. The van der Waals surface area contributed by atoms with Gasteiger partial charge in [0, 0.05) is 7.05 Å². The van der Waals surface area contributed by atoms with Crippen molar-refractivity contribution in [2.24, 2.45) is 0 Å². The molecule has 0 atom stereocenters. The average molecular weight is 202 g/mol. The third kappa shape index (κ3) is 1.74. The van der Waals surface area contributed by atoms with Gasteiger partial charge in [0.25, 0.3) is 0 Å². The van der Waals surface area contributed by atoms with Gasteiger partial charge in [-0.1, -0.05) is 6.07 Å². The topological polar surface area (TPSA) is 60.2 Å². The van der Waals surface area contributed by atoms with E-state index in [9.17, 15) is 4.79 Å². The Bertz CT molecular complexity index is 437. The molecule has 1 fully saturated rings. The highest BCUT2D eigenvalue weighted by molar-refractivity contribution is 5.84. The van der Waals surface area contributed by atoms with Crippen LogP contribution in [0.2, 0.25) is 0 Å².